The van der Waals surface area contributed by atoms with E-state index < -0.39 is 10.0 Å². The highest BCUT2D eigenvalue weighted by Crippen LogP contribution is 2.25. The van der Waals surface area contributed by atoms with Crippen molar-refractivity contribution in [1.82, 2.24) is 20.2 Å². The fraction of sp³-hybridized carbons (Fsp3) is 0.133. The van der Waals surface area contributed by atoms with Crippen molar-refractivity contribution in [2.24, 2.45) is 0 Å². The molecule has 3 rings (SSSR count). The van der Waals surface area contributed by atoms with Crippen LogP contribution in [0.4, 0.5) is 5.69 Å². The molecule has 0 aliphatic carbocycles. The molecule has 3 aromatic rings. The van der Waals surface area contributed by atoms with Crippen LogP contribution in [-0.2, 0) is 10.0 Å². The Morgan fingerprint density at radius 1 is 1.12 bits per heavy atom. The number of hydrogen-bond acceptors (Lipinski definition) is 5. The minimum absolute atomic E-state index is 0.138. The predicted molar refractivity (Wildman–Crippen MR) is 90.9 cm³/mol. The molecule has 1 N–H and O–H groups in total. The molecule has 0 radical (unpaired) electrons. The van der Waals surface area contributed by atoms with E-state index in [4.69, 9.17) is 11.6 Å². The van der Waals surface area contributed by atoms with Crippen LogP contribution in [0.1, 0.15) is 11.4 Å². The largest absolute Gasteiger partial charge is 0.280 e. The standard InChI is InChI=1S/C15H14ClN5O2S/c1-10-14(16)7-4-8-15(10)24(22,23)18-12-5-3-6-13(9-12)21-11(2)17-19-20-21/h3-9,18H,1-2H3. The molecule has 0 unspecified atom stereocenters. The van der Waals surface area contributed by atoms with Gasteiger partial charge in [0.2, 0.25) is 0 Å². The second-order valence-electron chi connectivity index (χ2n) is 5.16. The van der Waals surface area contributed by atoms with Crippen LogP contribution in [0.5, 0.6) is 0 Å². The van der Waals surface area contributed by atoms with Gasteiger partial charge < -0.3 is 0 Å². The molecule has 1 heterocycles. The van der Waals surface area contributed by atoms with E-state index >= 15 is 0 Å². The molecule has 0 amide bonds. The number of rotatable bonds is 4. The van der Waals surface area contributed by atoms with E-state index in [0.717, 1.165) is 0 Å². The van der Waals surface area contributed by atoms with Crippen LogP contribution >= 0.6 is 11.6 Å². The monoisotopic (exact) mass is 363 g/mol. The lowest BCUT2D eigenvalue weighted by Gasteiger charge is -2.12. The highest BCUT2D eigenvalue weighted by Gasteiger charge is 2.18. The SMILES string of the molecule is Cc1c(Cl)cccc1S(=O)(=O)Nc1cccc(-n2nnnc2C)c1. The molecule has 0 bridgehead atoms. The minimum atomic E-state index is -3.76. The Bertz CT molecular complexity index is 1000. The van der Waals surface area contributed by atoms with Gasteiger partial charge in [-0.2, -0.15) is 4.68 Å². The first kappa shape index (κ1) is 16.4. The predicted octanol–water partition coefficient (Wildman–Crippen LogP) is 2.73. The van der Waals surface area contributed by atoms with Crippen molar-refractivity contribution in [3.63, 3.8) is 0 Å². The van der Waals surface area contributed by atoms with E-state index in [0.29, 0.717) is 27.8 Å². The Hall–Kier alpha value is -2.45. The first-order valence-electron chi connectivity index (χ1n) is 7.02. The normalized spacial score (nSPS) is 11.5. The molecule has 0 saturated carbocycles. The summed E-state index contributed by atoms with van der Waals surface area (Å²) in [5.74, 6) is 0.598. The number of aromatic nitrogens is 4. The average molecular weight is 364 g/mol. The zero-order chi connectivity index (χ0) is 17.3. The maximum absolute atomic E-state index is 12.6. The summed E-state index contributed by atoms with van der Waals surface area (Å²) >= 11 is 6.02. The third-order valence-corrected chi connectivity index (χ3v) is 5.41. The number of benzene rings is 2. The van der Waals surface area contributed by atoms with Crippen molar-refractivity contribution in [3.05, 3.63) is 58.9 Å². The molecule has 0 aliphatic heterocycles. The molecule has 0 spiro atoms. The van der Waals surface area contributed by atoms with E-state index in [-0.39, 0.29) is 4.90 Å². The number of aryl methyl sites for hydroxylation is 1. The third-order valence-electron chi connectivity index (χ3n) is 3.48. The second kappa shape index (κ2) is 6.21. The quantitative estimate of drug-likeness (QED) is 0.769. The van der Waals surface area contributed by atoms with Gasteiger partial charge in [0.25, 0.3) is 10.0 Å². The molecular weight excluding hydrogens is 350 g/mol. The first-order valence-corrected chi connectivity index (χ1v) is 8.88. The summed E-state index contributed by atoms with van der Waals surface area (Å²) < 4.78 is 29.3. The molecule has 0 atom stereocenters. The van der Waals surface area contributed by atoms with Gasteiger partial charge in [-0.1, -0.05) is 23.7 Å². The van der Waals surface area contributed by atoms with E-state index in [1.165, 1.54) is 10.7 Å². The van der Waals surface area contributed by atoms with Gasteiger partial charge in [-0.05, 0) is 60.2 Å². The van der Waals surface area contributed by atoms with E-state index in [2.05, 4.69) is 20.2 Å². The Morgan fingerprint density at radius 2 is 1.88 bits per heavy atom. The fourth-order valence-corrected chi connectivity index (χ4v) is 3.81. The molecular formula is C15H14ClN5O2S. The molecule has 0 fully saturated rings. The van der Waals surface area contributed by atoms with Crippen molar-refractivity contribution in [2.75, 3.05) is 4.72 Å². The maximum Gasteiger partial charge on any atom is 0.262 e. The van der Waals surface area contributed by atoms with Crippen LogP contribution in [0.25, 0.3) is 5.69 Å². The topological polar surface area (TPSA) is 89.8 Å². The summed E-state index contributed by atoms with van der Waals surface area (Å²) in [5.41, 5.74) is 1.56. The van der Waals surface area contributed by atoms with Crippen LogP contribution in [0.15, 0.2) is 47.4 Å². The summed E-state index contributed by atoms with van der Waals surface area (Å²) in [6, 6.07) is 11.6. The van der Waals surface area contributed by atoms with Crippen molar-refractivity contribution in [1.29, 1.82) is 0 Å². The number of halogens is 1. The third kappa shape index (κ3) is 3.10. The van der Waals surface area contributed by atoms with E-state index in [1.807, 2.05) is 0 Å². The number of sulfonamides is 1. The van der Waals surface area contributed by atoms with Crippen molar-refractivity contribution in [3.8, 4) is 5.69 Å². The van der Waals surface area contributed by atoms with Gasteiger partial charge in [-0.15, -0.1) is 5.10 Å². The van der Waals surface area contributed by atoms with Crippen molar-refractivity contribution in [2.45, 2.75) is 18.7 Å². The molecule has 2 aromatic carbocycles. The maximum atomic E-state index is 12.6. The van der Waals surface area contributed by atoms with Crippen LogP contribution in [-0.4, -0.2) is 28.6 Å². The summed E-state index contributed by atoms with van der Waals surface area (Å²) in [5, 5.41) is 11.7. The van der Waals surface area contributed by atoms with E-state index in [9.17, 15) is 8.42 Å². The van der Waals surface area contributed by atoms with Crippen LogP contribution < -0.4 is 4.72 Å². The second-order valence-corrected chi connectivity index (χ2v) is 7.21. The Labute approximate surface area is 144 Å². The number of tetrazole rings is 1. The van der Waals surface area contributed by atoms with Gasteiger partial charge in [-0.25, -0.2) is 8.42 Å². The molecule has 1 aromatic heterocycles. The van der Waals surface area contributed by atoms with Gasteiger partial charge in [0.1, 0.15) is 0 Å². The van der Waals surface area contributed by atoms with Crippen LogP contribution in [0.2, 0.25) is 5.02 Å². The lowest BCUT2D eigenvalue weighted by Crippen LogP contribution is -2.14. The molecule has 9 heteroatoms. The highest BCUT2D eigenvalue weighted by atomic mass is 35.5. The zero-order valence-corrected chi connectivity index (χ0v) is 14.5. The molecule has 7 nitrogen and oxygen atoms in total. The molecule has 24 heavy (non-hydrogen) atoms. The Balaban J connectivity index is 1.96. The smallest absolute Gasteiger partial charge is 0.262 e. The van der Waals surface area contributed by atoms with Gasteiger partial charge >= 0.3 is 0 Å². The van der Waals surface area contributed by atoms with Gasteiger partial charge in [0.05, 0.1) is 16.3 Å². The lowest BCUT2D eigenvalue weighted by molar-refractivity contribution is 0.600. The summed E-state index contributed by atoms with van der Waals surface area (Å²) in [7, 11) is -3.76. The molecule has 0 saturated heterocycles. The fourth-order valence-electron chi connectivity index (χ4n) is 2.26. The zero-order valence-electron chi connectivity index (χ0n) is 12.9. The first-order chi connectivity index (χ1) is 11.4. The van der Waals surface area contributed by atoms with Gasteiger partial charge in [0, 0.05) is 5.02 Å². The summed E-state index contributed by atoms with van der Waals surface area (Å²) in [6.45, 7) is 3.42. The molecule has 0 aliphatic rings. The Morgan fingerprint density at radius 3 is 2.58 bits per heavy atom. The van der Waals surface area contributed by atoms with Crippen molar-refractivity contribution < 1.29 is 8.42 Å². The lowest BCUT2D eigenvalue weighted by atomic mass is 10.2. The number of anilines is 1. The summed E-state index contributed by atoms with van der Waals surface area (Å²) in [6.07, 6.45) is 0. The van der Waals surface area contributed by atoms with Gasteiger partial charge in [-0.3, -0.25) is 4.72 Å². The Kier molecular flexibility index (Phi) is 4.25. The number of nitrogens with zero attached hydrogens (tertiary/aromatic N) is 4. The number of hydrogen-bond donors (Lipinski definition) is 1. The minimum Gasteiger partial charge on any atom is -0.280 e. The average Bonchev–Trinajstić information content (AvgIpc) is 2.96. The van der Waals surface area contributed by atoms with Crippen LogP contribution in [0, 0.1) is 13.8 Å². The highest BCUT2D eigenvalue weighted by molar-refractivity contribution is 7.92. The van der Waals surface area contributed by atoms with Crippen LogP contribution in [0.3, 0.4) is 0 Å². The number of nitrogens with one attached hydrogen (secondary N) is 1. The molecule has 124 valence electrons. The van der Waals surface area contributed by atoms with Crippen molar-refractivity contribution >= 4 is 27.3 Å². The van der Waals surface area contributed by atoms with E-state index in [1.54, 1.807) is 50.2 Å². The summed E-state index contributed by atoms with van der Waals surface area (Å²) in [4.78, 5) is 0.138. The van der Waals surface area contributed by atoms with Gasteiger partial charge in [0.15, 0.2) is 5.82 Å².